The summed E-state index contributed by atoms with van der Waals surface area (Å²) in [6.07, 6.45) is 6.20. The van der Waals surface area contributed by atoms with Crippen molar-refractivity contribution in [2.45, 2.75) is 0 Å². The van der Waals surface area contributed by atoms with E-state index in [2.05, 4.69) is 15.0 Å². The van der Waals surface area contributed by atoms with E-state index >= 15 is 0 Å². The van der Waals surface area contributed by atoms with E-state index in [1.807, 2.05) is 29.2 Å². The summed E-state index contributed by atoms with van der Waals surface area (Å²) in [5, 5.41) is 19.1. The normalized spacial score (nSPS) is 15.6. The van der Waals surface area contributed by atoms with Crippen LogP contribution in [0.5, 0.6) is 6.01 Å². The number of sulfone groups is 1. The standard InChI is InChI=1S/C22H19N5O5S/c28-21(29)18-9-15(16-10-24-22(30)25-11-16)13-27-19(12-23-20(18)27)14-1-3-17(4-2-14)26-5-7-33(31,32)8-6-26/h1-4,9-13H,5-8H2,(H,28,29)(H,24,25,30). The summed E-state index contributed by atoms with van der Waals surface area (Å²) in [4.78, 5) is 25.8. The van der Waals surface area contributed by atoms with Crippen molar-refractivity contribution in [3.05, 3.63) is 60.7 Å². The van der Waals surface area contributed by atoms with Crippen molar-refractivity contribution in [2.24, 2.45) is 0 Å². The zero-order chi connectivity index (χ0) is 23.2. The highest BCUT2D eigenvalue weighted by Gasteiger charge is 2.22. The fourth-order valence-electron chi connectivity index (χ4n) is 3.90. The highest BCUT2D eigenvalue weighted by atomic mass is 32.2. The van der Waals surface area contributed by atoms with Crippen LogP contribution in [0.4, 0.5) is 5.69 Å². The van der Waals surface area contributed by atoms with Crippen molar-refractivity contribution in [1.82, 2.24) is 19.4 Å². The predicted molar refractivity (Wildman–Crippen MR) is 121 cm³/mol. The summed E-state index contributed by atoms with van der Waals surface area (Å²) in [7, 11) is -2.96. The number of carbonyl (C=O) groups is 1. The number of carboxylic acid groups (broad SMARTS) is 1. The number of hydrogen-bond acceptors (Lipinski definition) is 8. The molecule has 0 unspecified atom stereocenters. The Morgan fingerprint density at radius 1 is 0.909 bits per heavy atom. The Hall–Kier alpha value is -3.99. The molecule has 0 saturated carbocycles. The zero-order valence-corrected chi connectivity index (χ0v) is 18.1. The number of rotatable bonds is 4. The molecule has 1 saturated heterocycles. The smallest absolute Gasteiger partial charge is 0.339 e. The fourth-order valence-corrected chi connectivity index (χ4v) is 5.10. The van der Waals surface area contributed by atoms with Crippen molar-refractivity contribution in [2.75, 3.05) is 29.5 Å². The number of nitrogens with zero attached hydrogens (tertiary/aromatic N) is 5. The molecule has 0 spiro atoms. The van der Waals surface area contributed by atoms with Crippen LogP contribution in [-0.2, 0) is 9.84 Å². The van der Waals surface area contributed by atoms with Crippen molar-refractivity contribution in [1.29, 1.82) is 0 Å². The lowest BCUT2D eigenvalue weighted by Crippen LogP contribution is -2.40. The van der Waals surface area contributed by atoms with Gasteiger partial charge in [0.15, 0.2) is 15.5 Å². The van der Waals surface area contributed by atoms with Crippen molar-refractivity contribution in [3.63, 3.8) is 0 Å². The first-order chi connectivity index (χ1) is 15.8. The Morgan fingerprint density at radius 3 is 2.21 bits per heavy atom. The number of benzene rings is 1. The second kappa shape index (κ2) is 7.85. The average Bonchev–Trinajstić information content (AvgIpc) is 3.23. The topological polar surface area (TPSA) is 138 Å². The highest BCUT2D eigenvalue weighted by molar-refractivity contribution is 7.91. The number of pyridine rings is 1. The van der Waals surface area contributed by atoms with Crippen LogP contribution in [0, 0.1) is 0 Å². The molecule has 1 fully saturated rings. The van der Waals surface area contributed by atoms with Gasteiger partial charge in [0.2, 0.25) is 0 Å². The fraction of sp³-hybridized carbons (Fsp3) is 0.182. The minimum absolute atomic E-state index is 0.0259. The van der Waals surface area contributed by atoms with E-state index in [0.29, 0.717) is 35.6 Å². The lowest BCUT2D eigenvalue weighted by Gasteiger charge is -2.28. The van der Waals surface area contributed by atoms with Gasteiger partial charge < -0.3 is 15.1 Å². The second-order valence-corrected chi connectivity index (χ2v) is 10.0. The second-order valence-electron chi connectivity index (χ2n) is 7.74. The molecule has 2 N–H and O–H groups in total. The summed E-state index contributed by atoms with van der Waals surface area (Å²) >= 11 is 0. The number of aromatic hydroxyl groups is 1. The summed E-state index contributed by atoms with van der Waals surface area (Å²) in [6.45, 7) is 0.911. The van der Waals surface area contributed by atoms with Crippen LogP contribution in [-0.4, -0.2) is 68.5 Å². The maximum Gasteiger partial charge on any atom is 0.339 e. The van der Waals surface area contributed by atoms with Crippen molar-refractivity contribution in [3.8, 4) is 28.4 Å². The van der Waals surface area contributed by atoms with Gasteiger partial charge in [0.05, 0.1) is 23.4 Å². The molecule has 0 atom stereocenters. The van der Waals surface area contributed by atoms with E-state index in [4.69, 9.17) is 0 Å². The third kappa shape index (κ3) is 3.98. The number of anilines is 1. The molecule has 33 heavy (non-hydrogen) atoms. The number of aromatic nitrogens is 4. The van der Waals surface area contributed by atoms with Gasteiger partial charge in [-0.3, -0.25) is 4.40 Å². The molecule has 0 aliphatic carbocycles. The Kier molecular flexibility index (Phi) is 4.97. The van der Waals surface area contributed by atoms with Gasteiger partial charge in [-0.25, -0.2) is 28.2 Å². The third-order valence-electron chi connectivity index (χ3n) is 5.68. The Balaban J connectivity index is 1.54. The molecule has 4 aromatic rings. The molecule has 1 aliphatic heterocycles. The molecule has 5 rings (SSSR count). The van der Waals surface area contributed by atoms with Gasteiger partial charge in [-0.15, -0.1) is 0 Å². The van der Waals surface area contributed by atoms with Gasteiger partial charge in [-0.2, -0.15) is 0 Å². The van der Waals surface area contributed by atoms with E-state index in [0.717, 1.165) is 11.3 Å². The first-order valence-electron chi connectivity index (χ1n) is 10.1. The molecule has 10 nitrogen and oxygen atoms in total. The molecule has 1 aromatic carbocycles. The molecule has 1 aliphatic rings. The summed E-state index contributed by atoms with van der Waals surface area (Å²) in [6, 6.07) is 8.77. The van der Waals surface area contributed by atoms with Gasteiger partial charge in [-0.1, -0.05) is 12.1 Å². The Labute approximate surface area is 188 Å². The molecular weight excluding hydrogens is 446 g/mol. The van der Waals surface area contributed by atoms with Gasteiger partial charge in [0.25, 0.3) is 0 Å². The number of imidazole rings is 1. The number of fused-ring (bicyclic) bond motifs is 1. The largest absolute Gasteiger partial charge is 0.479 e. The molecule has 168 valence electrons. The number of hydrogen-bond donors (Lipinski definition) is 2. The van der Waals surface area contributed by atoms with Crippen LogP contribution < -0.4 is 4.90 Å². The van der Waals surface area contributed by atoms with Gasteiger partial charge in [0, 0.05) is 54.1 Å². The highest BCUT2D eigenvalue weighted by Crippen LogP contribution is 2.29. The first kappa shape index (κ1) is 20.9. The summed E-state index contributed by atoms with van der Waals surface area (Å²) < 4.78 is 25.1. The quantitative estimate of drug-likeness (QED) is 0.464. The van der Waals surface area contributed by atoms with Crippen molar-refractivity contribution >= 4 is 27.1 Å². The molecule has 4 heterocycles. The Morgan fingerprint density at radius 2 is 1.58 bits per heavy atom. The molecule has 0 radical (unpaired) electrons. The van der Waals surface area contributed by atoms with E-state index in [1.54, 1.807) is 16.8 Å². The average molecular weight is 465 g/mol. The van der Waals surface area contributed by atoms with Gasteiger partial charge in [-0.05, 0) is 18.2 Å². The summed E-state index contributed by atoms with van der Waals surface area (Å²) in [5.74, 6) is -0.831. The maximum atomic E-state index is 11.9. The van der Waals surface area contributed by atoms with E-state index in [9.17, 15) is 23.4 Å². The van der Waals surface area contributed by atoms with Crippen LogP contribution >= 0.6 is 0 Å². The zero-order valence-electron chi connectivity index (χ0n) is 17.3. The van der Waals surface area contributed by atoms with E-state index < -0.39 is 15.8 Å². The maximum absolute atomic E-state index is 11.9. The predicted octanol–water partition coefficient (Wildman–Crippen LogP) is 2.10. The first-order valence-corrected chi connectivity index (χ1v) is 11.9. The third-order valence-corrected chi connectivity index (χ3v) is 7.29. The number of carboxylic acids is 1. The lowest BCUT2D eigenvalue weighted by atomic mass is 10.1. The van der Waals surface area contributed by atoms with Gasteiger partial charge in [0.1, 0.15) is 5.56 Å². The monoisotopic (exact) mass is 465 g/mol. The van der Waals surface area contributed by atoms with Crippen LogP contribution in [0.1, 0.15) is 10.4 Å². The minimum Gasteiger partial charge on any atom is -0.479 e. The van der Waals surface area contributed by atoms with Crippen LogP contribution in [0.15, 0.2) is 55.1 Å². The van der Waals surface area contributed by atoms with E-state index in [-0.39, 0.29) is 23.1 Å². The van der Waals surface area contributed by atoms with Crippen LogP contribution in [0.25, 0.3) is 28.0 Å². The molecular formula is C22H19N5O5S. The van der Waals surface area contributed by atoms with Crippen molar-refractivity contribution < 1.29 is 23.4 Å². The minimum atomic E-state index is -2.96. The Bertz CT molecular complexity index is 1450. The molecule has 11 heteroatoms. The molecule has 0 amide bonds. The molecule has 0 bridgehead atoms. The summed E-state index contributed by atoms with van der Waals surface area (Å²) in [5.41, 5.74) is 3.88. The SMILES string of the molecule is O=C(O)c1cc(-c2cnc(O)nc2)cn2c(-c3ccc(N4CCS(=O)(=O)CC4)cc3)cnc12. The number of aromatic carboxylic acids is 1. The van der Waals surface area contributed by atoms with Gasteiger partial charge >= 0.3 is 12.0 Å². The molecule has 3 aromatic heterocycles. The van der Waals surface area contributed by atoms with Crippen LogP contribution in [0.2, 0.25) is 0 Å². The van der Waals surface area contributed by atoms with Crippen LogP contribution in [0.3, 0.4) is 0 Å². The van der Waals surface area contributed by atoms with E-state index in [1.165, 1.54) is 18.5 Å². The lowest BCUT2D eigenvalue weighted by molar-refractivity contribution is 0.0698.